The van der Waals surface area contributed by atoms with Gasteiger partial charge in [-0.2, -0.15) is 0 Å². The van der Waals surface area contributed by atoms with E-state index in [0.717, 1.165) is 11.1 Å². The summed E-state index contributed by atoms with van der Waals surface area (Å²) in [6.07, 6.45) is 0. The van der Waals surface area contributed by atoms with Crippen LogP contribution < -0.4 is 16.8 Å². The summed E-state index contributed by atoms with van der Waals surface area (Å²) < 4.78 is 0. The number of primary amides is 1. The van der Waals surface area contributed by atoms with E-state index >= 15 is 0 Å². The first kappa shape index (κ1) is 15.2. The fraction of sp³-hybridized carbons (Fsp3) is 0.357. The lowest BCUT2D eigenvalue weighted by atomic mass is 10.0. The molecular formula is C14H18N4O2S. The molecule has 0 aliphatic heterocycles. The van der Waals surface area contributed by atoms with Gasteiger partial charge in [-0.15, -0.1) is 11.3 Å². The third kappa shape index (κ3) is 2.97. The molecule has 2 aromatic heterocycles. The number of nitrogen functional groups attached to an aromatic ring is 1. The molecule has 2 rings (SSSR count). The predicted molar refractivity (Wildman–Crippen MR) is 84.1 cm³/mol. The minimum Gasteiger partial charge on any atom is -0.397 e. The van der Waals surface area contributed by atoms with Gasteiger partial charge >= 0.3 is 0 Å². The smallest absolute Gasteiger partial charge is 0.264 e. The van der Waals surface area contributed by atoms with E-state index in [1.54, 1.807) is 0 Å². The van der Waals surface area contributed by atoms with Crippen molar-refractivity contribution in [3.8, 4) is 0 Å². The molecule has 0 spiro atoms. The quantitative estimate of drug-likeness (QED) is 0.793. The zero-order valence-corrected chi connectivity index (χ0v) is 13.0. The summed E-state index contributed by atoms with van der Waals surface area (Å²) in [4.78, 5) is 29.1. The van der Waals surface area contributed by atoms with Gasteiger partial charge in [0.25, 0.3) is 5.91 Å². The van der Waals surface area contributed by atoms with Crippen LogP contribution in [-0.4, -0.2) is 22.8 Å². The Bertz CT molecular complexity index is 708. The molecule has 0 aromatic carbocycles. The first-order valence-corrected chi connectivity index (χ1v) is 7.38. The second kappa shape index (κ2) is 5.69. The van der Waals surface area contributed by atoms with E-state index in [4.69, 9.17) is 11.5 Å². The summed E-state index contributed by atoms with van der Waals surface area (Å²) in [6, 6.07) is 2.96. The maximum atomic E-state index is 12.3. The molecule has 0 radical (unpaired) electrons. The van der Waals surface area contributed by atoms with E-state index in [1.165, 1.54) is 11.3 Å². The average molecular weight is 306 g/mol. The third-order valence-corrected chi connectivity index (χ3v) is 4.31. The molecule has 5 N–H and O–H groups in total. The summed E-state index contributed by atoms with van der Waals surface area (Å²) in [5.74, 6) is -1.06. The van der Waals surface area contributed by atoms with Crippen molar-refractivity contribution in [3.05, 3.63) is 22.7 Å². The number of nitrogens with two attached hydrogens (primary N) is 2. The molecule has 1 unspecified atom stereocenters. The largest absolute Gasteiger partial charge is 0.397 e. The van der Waals surface area contributed by atoms with Crippen LogP contribution in [0, 0.1) is 12.8 Å². The molecule has 0 aliphatic carbocycles. The van der Waals surface area contributed by atoms with E-state index in [9.17, 15) is 9.59 Å². The fourth-order valence-electron chi connectivity index (χ4n) is 2.03. The Kier molecular flexibility index (Phi) is 4.13. The summed E-state index contributed by atoms with van der Waals surface area (Å²) >= 11 is 1.21. The van der Waals surface area contributed by atoms with Crippen molar-refractivity contribution in [3.63, 3.8) is 0 Å². The van der Waals surface area contributed by atoms with Gasteiger partial charge in [0.15, 0.2) is 0 Å². The number of carbonyl (C=O) groups is 2. The van der Waals surface area contributed by atoms with Crippen LogP contribution >= 0.6 is 11.3 Å². The van der Waals surface area contributed by atoms with Gasteiger partial charge in [-0.25, -0.2) is 4.98 Å². The predicted octanol–water partition coefficient (Wildman–Crippen LogP) is 1.43. The van der Waals surface area contributed by atoms with Gasteiger partial charge in [0.1, 0.15) is 15.7 Å². The topological polar surface area (TPSA) is 111 Å². The van der Waals surface area contributed by atoms with Gasteiger partial charge in [-0.05, 0) is 25.0 Å². The molecular weight excluding hydrogens is 288 g/mol. The monoisotopic (exact) mass is 306 g/mol. The number of hydrogen-bond acceptors (Lipinski definition) is 5. The molecule has 0 saturated carbocycles. The normalized spacial score (nSPS) is 12.6. The Labute approximate surface area is 126 Å². The number of aromatic nitrogens is 1. The second-order valence-electron chi connectivity index (χ2n) is 5.25. The van der Waals surface area contributed by atoms with Crippen molar-refractivity contribution in [2.45, 2.75) is 26.8 Å². The molecule has 0 fully saturated rings. The number of amides is 2. The molecule has 2 aromatic rings. The maximum absolute atomic E-state index is 12.3. The van der Waals surface area contributed by atoms with Crippen molar-refractivity contribution in [1.29, 1.82) is 0 Å². The van der Waals surface area contributed by atoms with Crippen molar-refractivity contribution < 1.29 is 9.59 Å². The van der Waals surface area contributed by atoms with Crippen LogP contribution in [0.2, 0.25) is 0 Å². The first-order chi connectivity index (χ1) is 9.81. The minimum absolute atomic E-state index is 0.0950. The number of nitrogens with zero attached hydrogens (tertiary/aromatic N) is 1. The molecule has 2 amide bonds. The Morgan fingerprint density at radius 1 is 1.33 bits per heavy atom. The lowest BCUT2D eigenvalue weighted by Crippen LogP contribution is -2.47. The molecule has 7 heteroatoms. The molecule has 21 heavy (non-hydrogen) atoms. The number of carbonyl (C=O) groups excluding carboxylic acids is 2. The van der Waals surface area contributed by atoms with Gasteiger partial charge in [-0.1, -0.05) is 13.8 Å². The Balaban J connectivity index is 2.35. The summed E-state index contributed by atoms with van der Waals surface area (Å²) in [5, 5.41) is 3.38. The van der Waals surface area contributed by atoms with Crippen LogP contribution in [0.3, 0.4) is 0 Å². The molecule has 6 nitrogen and oxygen atoms in total. The molecule has 0 aliphatic rings. The highest BCUT2D eigenvalue weighted by Crippen LogP contribution is 2.32. The average Bonchev–Trinajstić information content (AvgIpc) is 2.71. The molecule has 2 heterocycles. The lowest BCUT2D eigenvalue weighted by molar-refractivity contribution is -0.120. The van der Waals surface area contributed by atoms with Gasteiger partial charge in [0.05, 0.1) is 5.69 Å². The number of aryl methyl sites for hydroxylation is 1. The number of hydrogen-bond donors (Lipinski definition) is 3. The lowest BCUT2D eigenvalue weighted by Gasteiger charge is -2.18. The van der Waals surface area contributed by atoms with Crippen LogP contribution in [0.5, 0.6) is 0 Å². The van der Waals surface area contributed by atoms with Gasteiger partial charge in [-0.3, -0.25) is 9.59 Å². The van der Waals surface area contributed by atoms with Crippen LogP contribution in [0.15, 0.2) is 12.1 Å². The van der Waals surface area contributed by atoms with Crippen LogP contribution in [0.1, 0.15) is 29.2 Å². The van der Waals surface area contributed by atoms with Crippen molar-refractivity contribution in [2.75, 3.05) is 5.73 Å². The standard InChI is InChI=1S/C14H18N4O2S/c1-6(2)10(12(16)19)18-13(20)11-9(15)8-5-4-7(3)17-14(8)21-11/h4-6,10H,15H2,1-3H3,(H2,16,19)(H,18,20). The highest BCUT2D eigenvalue weighted by atomic mass is 32.1. The summed E-state index contributed by atoms with van der Waals surface area (Å²) in [5.41, 5.74) is 12.6. The first-order valence-electron chi connectivity index (χ1n) is 6.57. The van der Waals surface area contributed by atoms with Gasteiger partial charge in [0, 0.05) is 11.1 Å². The van der Waals surface area contributed by atoms with E-state index in [0.29, 0.717) is 15.4 Å². The fourth-order valence-corrected chi connectivity index (χ4v) is 3.07. The van der Waals surface area contributed by atoms with E-state index < -0.39 is 17.9 Å². The van der Waals surface area contributed by atoms with E-state index in [-0.39, 0.29) is 5.92 Å². The number of nitrogens with one attached hydrogen (secondary N) is 1. The maximum Gasteiger partial charge on any atom is 0.264 e. The van der Waals surface area contributed by atoms with Crippen LogP contribution in [0.4, 0.5) is 5.69 Å². The zero-order chi connectivity index (χ0) is 15.7. The minimum atomic E-state index is -0.725. The number of anilines is 1. The number of thiophene rings is 1. The van der Waals surface area contributed by atoms with Crippen LogP contribution in [0.25, 0.3) is 10.2 Å². The SMILES string of the molecule is Cc1ccc2c(N)c(C(=O)NC(C(N)=O)C(C)C)sc2n1. The van der Waals surface area contributed by atoms with E-state index in [2.05, 4.69) is 10.3 Å². The van der Waals surface area contributed by atoms with Crippen molar-refractivity contribution in [1.82, 2.24) is 10.3 Å². The van der Waals surface area contributed by atoms with Gasteiger partial charge < -0.3 is 16.8 Å². The summed E-state index contributed by atoms with van der Waals surface area (Å²) in [7, 11) is 0. The summed E-state index contributed by atoms with van der Waals surface area (Å²) in [6.45, 7) is 5.50. The second-order valence-corrected chi connectivity index (χ2v) is 6.25. The third-order valence-electron chi connectivity index (χ3n) is 3.20. The zero-order valence-electron chi connectivity index (χ0n) is 12.1. The Hall–Kier alpha value is -2.15. The molecule has 112 valence electrons. The van der Waals surface area contributed by atoms with Crippen molar-refractivity contribution in [2.24, 2.45) is 11.7 Å². The Morgan fingerprint density at radius 2 is 2.00 bits per heavy atom. The molecule has 0 saturated heterocycles. The van der Waals surface area contributed by atoms with E-state index in [1.807, 2.05) is 32.9 Å². The number of rotatable bonds is 4. The molecule has 1 atom stereocenters. The molecule has 0 bridgehead atoms. The van der Waals surface area contributed by atoms with Crippen molar-refractivity contribution >= 4 is 39.1 Å². The highest BCUT2D eigenvalue weighted by Gasteiger charge is 2.25. The van der Waals surface area contributed by atoms with Gasteiger partial charge in [0.2, 0.25) is 5.91 Å². The van der Waals surface area contributed by atoms with Crippen LogP contribution in [-0.2, 0) is 4.79 Å². The number of fused-ring (bicyclic) bond motifs is 1. The number of pyridine rings is 1. The highest BCUT2D eigenvalue weighted by molar-refractivity contribution is 7.21. The Morgan fingerprint density at radius 3 is 2.57 bits per heavy atom.